The van der Waals surface area contributed by atoms with E-state index in [9.17, 15) is 9.59 Å². The van der Waals surface area contributed by atoms with Crippen molar-refractivity contribution in [2.45, 2.75) is 0 Å². The average Bonchev–Trinajstić information content (AvgIpc) is 2.80. The number of benzene rings is 1. The number of hydrogen-bond donors (Lipinski definition) is 1. The van der Waals surface area contributed by atoms with E-state index in [0.29, 0.717) is 31.9 Å². The van der Waals surface area contributed by atoms with Crippen molar-refractivity contribution in [2.75, 3.05) is 62.7 Å². The molecule has 0 atom stereocenters. The van der Waals surface area contributed by atoms with Crippen LogP contribution in [-0.2, 0) is 9.53 Å². The maximum atomic E-state index is 12.8. The number of nitrogens with zero attached hydrogens (tertiary/aromatic N) is 4. The monoisotopic (exact) mass is 395 g/mol. The van der Waals surface area contributed by atoms with Gasteiger partial charge in [0.15, 0.2) is 0 Å². The first-order valence-electron chi connectivity index (χ1n) is 9.88. The van der Waals surface area contributed by atoms with E-state index in [2.05, 4.69) is 21.3 Å². The molecule has 2 aliphatic heterocycles. The van der Waals surface area contributed by atoms with Gasteiger partial charge in [-0.15, -0.1) is 0 Å². The SMILES string of the molecule is O=CN1CCN(C(=O)c2cc(Nc3ccccc3N3CCOCC3)ccn2)CC1. The number of anilines is 3. The number of amides is 2. The summed E-state index contributed by atoms with van der Waals surface area (Å²) in [6.45, 7) is 5.31. The fourth-order valence-corrected chi connectivity index (χ4v) is 3.63. The lowest BCUT2D eigenvalue weighted by molar-refractivity contribution is -0.119. The van der Waals surface area contributed by atoms with Gasteiger partial charge in [0.2, 0.25) is 6.41 Å². The molecule has 152 valence electrons. The molecule has 3 heterocycles. The van der Waals surface area contributed by atoms with Crippen LogP contribution in [0.1, 0.15) is 10.5 Å². The second-order valence-corrected chi connectivity index (χ2v) is 7.10. The van der Waals surface area contributed by atoms with Crippen molar-refractivity contribution in [2.24, 2.45) is 0 Å². The lowest BCUT2D eigenvalue weighted by Crippen LogP contribution is -2.48. The number of hydrogen-bond acceptors (Lipinski definition) is 6. The van der Waals surface area contributed by atoms with Gasteiger partial charge in [0.25, 0.3) is 5.91 Å². The minimum absolute atomic E-state index is 0.110. The Balaban J connectivity index is 1.48. The Bertz CT molecular complexity index is 861. The van der Waals surface area contributed by atoms with Crippen molar-refractivity contribution in [3.8, 4) is 0 Å². The molecule has 2 aliphatic rings. The summed E-state index contributed by atoms with van der Waals surface area (Å²) in [6, 6.07) is 11.8. The van der Waals surface area contributed by atoms with Crippen LogP contribution in [0.15, 0.2) is 42.6 Å². The first-order valence-corrected chi connectivity index (χ1v) is 9.88. The minimum atomic E-state index is -0.110. The molecular weight excluding hydrogens is 370 g/mol. The molecule has 1 N–H and O–H groups in total. The van der Waals surface area contributed by atoms with Crippen LogP contribution >= 0.6 is 0 Å². The second-order valence-electron chi connectivity index (χ2n) is 7.10. The van der Waals surface area contributed by atoms with E-state index in [1.54, 1.807) is 22.1 Å². The van der Waals surface area contributed by atoms with E-state index in [-0.39, 0.29) is 5.91 Å². The highest BCUT2D eigenvalue weighted by atomic mass is 16.5. The summed E-state index contributed by atoms with van der Waals surface area (Å²) in [7, 11) is 0. The van der Waals surface area contributed by atoms with E-state index in [4.69, 9.17) is 4.74 Å². The minimum Gasteiger partial charge on any atom is -0.378 e. The highest BCUT2D eigenvalue weighted by Crippen LogP contribution is 2.29. The number of pyridine rings is 1. The molecule has 2 amide bonds. The molecule has 0 radical (unpaired) electrons. The number of ether oxygens (including phenoxy) is 1. The Morgan fingerprint density at radius 1 is 1.03 bits per heavy atom. The van der Waals surface area contributed by atoms with Crippen molar-refractivity contribution in [1.29, 1.82) is 0 Å². The number of nitrogens with one attached hydrogen (secondary N) is 1. The fourth-order valence-electron chi connectivity index (χ4n) is 3.63. The number of carbonyl (C=O) groups excluding carboxylic acids is 2. The van der Waals surface area contributed by atoms with E-state index in [1.165, 1.54) is 0 Å². The Hall–Kier alpha value is -3.13. The van der Waals surface area contributed by atoms with Gasteiger partial charge >= 0.3 is 0 Å². The highest BCUT2D eigenvalue weighted by Gasteiger charge is 2.22. The molecule has 0 spiro atoms. The second kappa shape index (κ2) is 8.91. The number of rotatable bonds is 5. The van der Waals surface area contributed by atoms with Crippen LogP contribution in [-0.4, -0.2) is 79.6 Å². The van der Waals surface area contributed by atoms with Gasteiger partial charge in [-0.1, -0.05) is 12.1 Å². The van der Waals surface area contributed by atoms with E-state index >= 15 is 0 Å². The third-order valence-electron chi connectivity index (χ3n) is 5.26. The molecule has 29 heavy (non-hydrogen) atoms. The van der Waals surface area contributed by atoms with Crippen molar-refractivity contribution in [3.05, 3.63) is 48.3 Å². The van der Waals surface area contributed by atoms with Crippen LogP contribution in [0.25, 0.3) is 0 Å². The predicted molar refractivity (Wildman–Crippen MR) is 111 cm³/mol. The van der Waals surface area contributed by atoms with Crippen molar-refractivity contribution < 1.29 is 14.3 Å². The van der Waals surface area contributed by atoms with Gasteiger partial charge in [-0.05, 0) is 24.3 Å². The molecule has 2 saturated heterocycles. The normalized spacial score (nSPS) is 17.2. The van der Waals surface area contributed by atoms with Crippen LogP contribution in [0.4, 0.5) is 17.1 Å². The molecule has 0 bridgehead atoms. The maximum Gasteiger partial charge on any atom is 0.272 e. The van der Waals surface area contributed by atoms with Gasteiger partial charge in [-0.2, -0.15) is 0 Å². The first-order chi connectivity index (χ1) is 14.2. The van der Waals surface area contributed by atoms with Gasteiger partial charge in [-0.3, -0.25) is 14.6 Å². The average molecular weight is 395 g/mol. The number of aromatic nitrogens is 1. The topological polar surface area (TPSA) is 78.0 Å². The van der Waals surface area contributed by atoms with Crippen molar-refractivity contribution in [1.82, 2.24) is 14.8 Å². The summed E-state index contributed by atoms with van der Waals surface area (Å²) >= 11 is 0. The molecule has 8 heteroatoms. The van der Waals surface area contributed by atoms with Gasteiger partial charge in [-0.25, -0.2) is 0 Å². The zero-order valence-electron chi connectivity index (χ0n) is 16.3. The molecular formula is C21H25N5O3. The van der Waals surface area contributed by atoms with Crippen LogP contribution in [0, 0.1) is 0 Å². The van der Waals surface area contributed by atoms with Crippen molar-refractivity contribution in [3.63, 3.8) is 0 Å². The van der Waals surface area contributed by atoms with Crippen LogP contribution in [0.3, 0.4) is 0 Å². The van der Waals surface area contributed by atoms with Gasteiger partial charge in [0, 0.05) is 51.2 Å². The number of piperazine rings is 1. The molecule has 1 aromatic carbocycles. The van der Waals surface area contributed by atoms with E-state index in [1.807, 2.05) is 24.3 Å². The number of carbonyl (C=O) groups is 2. The summed E-state index contributed by atoms with van der Waals surface area (Å²) in [6.07, 6.45) is 2.48. The number of para-hydroxylation sites is 2. The Labute approximate surface area is 170 Å². The summed E-state index contributed by atoms with van der Waals surface area (Å²) in [5, 5.41) is 3.44. The Morgan fingerprint density at radius 2 is 1.79 bits per heavy atom. The predicted octanol–water partition coefficient (Wildman–Crippen LogP) is 1.58. The standard InChI is InChI=1S/C21H25N5O3/c27-16-24-7-9-26(10-8-24)21(28)19-15-17(5-6-22-19)23-18-3-1-2-4-20(18)25-11-13-29-14-12-25/h1-6,15-16H,7-14H2,(H,22,23). The molecule has 4 rings (SSSR count). The van der Waals surface area contributed by atoms with Gasteiger partial charge in [0.05, 0.1) is 24.6 Å². The summed E-state index contributed by atoms with van der Waals surface area (Å²) in [5.41, 5.74) is 3.32. The maximum absolute atomic E-state index is 12.8. The Kier molecular flexibility index (Phi) is 5.90. The molecule has 0 saturated carbocycles. The van der Waals surface area contributed by atoms with Gasteiger partial charge < -0.3 is 24.8 Å². The first kappa shape index (κ1) is 19.2. The Morgan fingerprint density at radius 3 is 2.55 bits per heavy atom. The van der Waals surface area contributed by atoms with Crippen molar-refractivity contribution >= 4 is 29.4 Å². The largest absolute Gasteiger partial charge is 0.378 e. The lowest BCUT2D eigenvalue weighted by Gasteiger charge is -2.32. The summed E-state index contributed by atoms with van der Waals surface area (Å²) < 4.78 is 5.46. The molecule has 2 aromatic rings. The lowest BCUT2D eigenvalue weighted by atomic mass is 10.2. The van der Waals surface area contributed by atoms with Crippen LogP contribution in [0.5, 0.6) is 0 Å². The van der Waals surface area contributed by atoms with Crippen LogP contribution in [0.2, 0.25) is 0 Å². The molecule has 1 aromatic heterocycles. The quantitative estimate of drug-likeness (QED) is 0.775. The van der Waals surface area contributed by atoms with E-state index in [0.717, 1.165) is 49.8 Å². The zero-order chi connectivity index (χ0) is 20.1. The zero-order valence-corrected chi connectivity index (χ0v) is 16.3. The third-order valence-corrected chi connectivity index (χ3v) is 5.26. The third kappa shape index (κ3) is 4.48. The number of morpholine rings is 1. The molecule has 2 fully saturated rings. The molecule has 8 nitrogen and oxygen atoms in total. The molecule has 0 aliphatic carbocycles. The smallest absolute Gasteiger partial charge is 0.272 e. The molecule has 0 unspecified atom stereocenters. The highest BCUT2D eigenvalue weighted by molar-refractivity contribution is 5.93. The van der Waals surface area contributed by atoms with Gasteiger partial charge in [0.1, 0.15) is 5.69 Å². The van der Waals surface area contributed by atoms with E-state index < -0.39 is 0 Å². The van der Waals surface area contributed by atoms with Crippen LogP contribution < -0.4 is 10.2 Å². The fraction of sp³-hybridized carbons (Fsp3) is 0.381. The summed E-state index contributed by atoms with van der Waals surface area (Å²) in [4.78, 5) is 33.7. The summed E-state index contributed by atoms with van der Waals surface area (Å²) in [5.74, 6) is -0.110.